The van der Waals surface area contributed by atoms with E-state index >= 15 is 0 Å². The van der Waals surface area contributed by atoms with Gasteiger partial charge in [-0.25, -0.2) is 0 Å². The quantitative estimate of drug-likeness (QED) is 0.897. The van der Waals surface area contributed by atoms with Crippen LogP contribution in [0.25, 0.3) is 0 Å². The molecule has 0 aliphatic carbocycles. The van der Waals surface area contributed by atoms with E-state index in [4.69, 9.17) is 4.74 Å². The van der Waals surface area contributed by atoms with Crippen molar-refractivity contribution in [3.63, 3.8) is 0 Å². The third-order valence-corrected chi connectivity index (χ3v) is 3.53. The lowest BCUT2D eigenvalue weighted by atomic mass is 9.94. The molecule has 1 saturated heterocycles. The van der Waals surface area contributed by atoms with E-state index in [1.54, 1.807) is 4.90 Å². The normalized spacial score (nSPS) is 18.3. The van der Waals surface area contributed by atoms with E-state index in [9.17, 15) is 9.90 Å². The summed E-state index contributed by atoms with van der Waals surface area (Å²) in [5.74, 6) is 0.00595. The molecule has 0 unspecified atom stereocenters. The summed E-state index contributed by atoms with van der Waals surface area (Å²) in [6, 6.07) is 9.81. The third-order valence-electron chi connectivity index (χ3n) is 3.53. The highest BCUT2D eigenvalue weighted by molar-refractivity contribution is 5.77. The molecule has 1 aromatic carbocycles. The number of rotatable bonds is 4. The maximum atomic E-state index is 11.9. The molecular formula is C15H21NO3. The van der Waals surface area contributed by atoms with Gasteiger partial charge in [0.25, 0.3) is 0 Å². The van der Waals surface area contributed by atoms with Gasteiger partial charge >= 0.3 is 0 Å². The van der Waals surface area contributed by atoms with Gasteiger partial charge in [0.05, 0.1) is 12.2 Å². The number of nitrogens with zero attached hydrogens (tertiary/aromatic N) is 1. The van der Waals surface area contributed by atoms with E-state index in [1.165, 1.54) is 0 Å². The van der Waals surface area contributed by atoms with Crippen LogP contribution in [-0.4, -0.2) is 41.2 Å². The SMILES string of the molecule is CC1(O)CCN(C(=O)COCc2ccccc2)CC1. The van der Waals surface area contributed by atoms with Crippen molar-refractivity contribution in [2.75, 3.05) is 19.7 Å². The molecule has 0 spiro atoms. The smallest absolute Gasteiger partial charge is 0.248 e. The topological polar surface area (TPSA) is 49.8 Å². The van der Waals surface area contributed by atoms with E-state index in [2.05, 4.69) is 0 Å². The Bertz CT molecular complexity index is 407. The van der Waals surface area contributed by atoms with Gasteiger partial charge in [0.1, 0.15) is 6.61 Å². The summed E-state index contributed by atoms with van der Waals surface area (Å²) >= 11 is 0. The molecule has 0 bridgehead atoms. The van der Waals surface area contributed by atoms with Crippen LogP contribution >= 0.6 is 0 Å². The van der Waals surface area contributed by atoms with E-state index in [1.807, 2.05) is 37.3 Å². The number of benzene rings is 1. The minimum Gasteiger partial charge on any atom is -0.390 e. The lowest BCUT2D eigenvalue weighted by molar-refractivity contribution is -0.140. The van der Waals surface area contributed by atoms with Crippen LogP contribution in [-0.2, 0) is 16.1 Å². The summed E-state index contributed by atoms with van der Waals surface area (Å²) in [5, 5.41) is 9.83. The number of likely N-dealkylation sites (tertiary alicyclic amines) is 1. The monoisotopic (exact) mass is 263 g/mol. The number of piperidine rings is 1. The Balaban J connectivity index is 1.70. The Morgan fingerprint density at radius 1 is 1.32 bits per heavy atom. The minimum atomic E-state index is -0.623. The Labute approximate surface area is 114 Å². The van der Waals surface area contributed by atoms with Gasteiger partial charge in [0.2, 0.25) is 5.91 Å². The zero-order valence-electron chi connectivity index (χ0n) is 11.3. The number of carbonyl (C=O) groups excluding carboxylic acids is 1. The molecule has 1 heterocycles. The Morgan fingerprint density at radius 3 is 2.58 bits per heavy atom. The number of hydrogen-bond donors (Lipinski definition) is 1. The fourth-order valence-electron chi connectivity index (χ4n) is 2.16. The first-order valence-corrected chi connectivity index (χ1v) is 6.69. The highest BCUT2D eigenvalue weighted by atomic mass is 16.5. The standard InChI is InChI=1S/C15H21NO3/c1-15(18)7-9-16(10-8-15)14(17)12-19-11-13-5-3-2-4-6-13/h2-6,18H,7-12H2,1H3. The van der Waals surface area contributed by atoms with Gasteiger partial charge in [-0.3, -0.25) is 4.79 Å². The molecule has 19 heavy (non-hydrogen) atoms. The second-order valence-corrected chi connectivity index (χ2v) is 5.36. The maximum Gasteiger partial charge on any atom is 0.248 e. The van der Waals surface area contributed by atoms with Crippen molar-refractivity contribution in [2.24, 2.45) is 0 Å². The fourth-order valence-corrected chi connectivity index (χ4v) is 2.16. The van der Waals surface area contributed by atoms with Crippen molar-refractivity contribution in [3.05, 3.63) is 35.9 Å². The molecule has 1 aromatic rings. The number of hydrogen-bond acceptors (Lipinski definition) is 3. The van der Waals surface area contributed by atoms with Gasteiger partial charge in [0, 0.05) is 13.1 Å². The molecule has 104 valence electrons. The largest absolute Gasteiger partial charge is 0.390 e. The number of aliphatic hydroxyl groups is 1. The predicted molar refractivity (Wildman–Crippen MR) is 72.5 cm³/mol. The summed E-state index contributed by atoms with van der Waals surface area (Å²) in [4.78, 5) is 13.7. The van der Waals surface area contributed by atoms with E-state index in [-0.39, 0.29) is 12.5 Å². The lowest BCUT2D eigenvalue weighted by Gasteiger charge is -2.35. The fraction of sp³-hybridized carbons (Fsp3) is 0.533. The van der Waals surface area contributed by atoms with Gasteiger partial charge < -0.3 is 14.7 Å². The zero-order valence-corrected chi connectivity index (χ0v) is 11.3. The molecule has 4 nitrogen and oxygen atoms in total. The number of carbonyl (C=O) groups is 1. The number of amides is 1. The highest BCUT2D eigenvalue weighted by Crippen LogP contribution is 2.21. The van der Waals surface area contributed by atoms with Crippen LogP contribution in [0.3, 0.4) is 0 Å². The molecule has 0 radical (unpaired) electrons. The van der Waals surface area contributed by atoms with E-state index in [0.29, 0.717) is 32.5 Å². The predicted octanol–water partition coefficient (Wildman–Crippen LogP) is 1.58. The van der Waals surface area contributed by atoms with Crippen LogP contribution in [0.5, 0.6) is 0 Å². The molecule has 1 amide bonds. The average molecular weight is 263 g/mol. The van der Waals surface area contributed by atoms with Crippen LogP contribution in [0.2, 0.25) is 0 Å². The van der Waals surface area contributed by atoms with Gasteiger partial charge in [-0.15, -0.1) is 0 Å². The van der Waals surface area contributed by atoms with Crippen LogP contribution in [0, 0.1) is 0 Å². The van der Waals surface area contributed by atoms with Crippen molar-refractivity contribution < 1.29 is 14.6 Å². The van der Waals surface area contributed by atoms with Crippen molar-refractivity contribution >= 4 is 5.91 Å². The Hall–Kier alpha value is -1.39. The second-order valence-electron chi connectivity index (χ2n) is 5.36. The summed E-state index contributed by atoms with van der Waals surface area (Å²) in [6.45, 7) is 3.61. The molecular weight excluding hydrogens is 242 g/mol. The molecule has 4 heteroatoms. The van der Waals surface area contributed by atoms with Crippen LogP contribution in [0.4, 0.5) is 0 Å². The summed E-state index contributed by atoms with van der Waals surface area (Å²) in [5.41, 5.74) is 0.443. The van der Waals surface area contributed by atoms with E-state index in [0.717, 1.165) is 5.56 Å². The third kappa shape index (κ3) is 4.33. The minimum absolute atomic E-state index is 0.00595. The van der Waals surface area contributed by atoms with Crippen molar-refractivity contribution in [1.29, 1.82) is 0 Å². The van der Waals surface area contributed by atoms with Gasteiger partial charge in [-0.05, 0) is 25.3 Å². The van der Waals surface area contributed by atoms with Gasteiger partial charge in [0.15, 0.2) is 0 Å². The van der Waals surface area contributed by atoms with Crippen molar-refractivity contribution in [1.82, 2.24) is 4.90 Å². The van der Waals surface area contributed by atoms with Crippen LogP contribution < -0.4 is 0 Å². The first kappa shape index (κ1) is 14.0. The first-order chi connectivity index (χ1) is 9.07. The van der Waals surface area contributed by atoms with Gasteiger partial charge in [-0.1, -0.05) is 30.3 Å². The molecule has 0 aromatic heterocycles. The maximum absolute atomic E-state index is 11.9. The molecule has 1 fully saturated rings. The Morgan fingerprint density at radius 2 is 1.95 bits per heavy atom. The molecule has 0 atom stereocenters. The van der Waals surface area contributed by atoms with Crippen molar-refractivity contribution in [2.45, 2.75) is 32.0 Å². The van der Waals surface area contributed by atoms with Crippen molar-refractivity contribution in [3.8, 4) is 0 Å². The number of ether oxygens (including phenoxy) is 1. The Kier molecular flexibility index (Phi) is 4.56. The van der Waals surface area contributed by atoms with Crippen LogP contribution in [0.1, 0.15) is 25.3 Å². The molecule has 1 N–H and O–H groups in total. The van der Waals surface area contributed by atoms with Crippen LogP contribution in [0.15, 0.2) is 30.3 Å². The molecule has 1 aliphatic heterocycles. The average Bonchev–Trinajstić information content (AvgIpc) is 2.39. The zero-order chi connectivity index (χ0) is 13.7. The highest BCUT2D eigenvalue weighted by Gasteiger charge is 2.29. The lowest BCUT2D eigenvalue weighted by Crippen LogP contribution is -2.46. The summed E-state index contributed by atoms with van der Waals surface area (Å²) < 4.78 is 5.43. The first-order valence-electron chi connectivity index (χ1n) is 6.69. The van der Waals surface area contributed by atoms with Gasteiger partial charge in [-0.2, -0.15) is 0 Å². The summed E-state index contributed by atoms with van der Waals surface area (Å²) in [6.07, 6.45) is 1.27. The van der Waals surface area contributed by atoms with E-state index < -0.39 is 5.60 Å². The second kappa shape index (κ2) is 6.17. The molecule has 2 rings (SSSR count). The summed E-state index contributed by atoms with van der Waals surface area (Å²) in [7, 11) is 0. The molecule has 0 saturated carbocycles. The molecule has 1 aliphatic rings.